The normalized spacial score (nSPS) is 11.1. The Morgan fingerprint density at radius 1 is 1.52 bits per heavy atom. The number of thiophene rings is 1. The highest BCUT2D eigenvalue weighted by Gasteiger charge is 2.13. The van der Waals surface area contributed by atoms with Crippen molar-refractivity contribution in [3.05, 3.63) is 33.9 Å². The molecule has 0 amide bonds. The highest BCUT2D eigenvalue weighted by Crippen LogP contribution is 2.24. The topological polar surface area (TPSA) is 89.6 Å². The standard InChI is InChI=1S/C12H13N5O2S2/c1-2-5-17-11(18)14-15-12(17)21-7-9-13-10(16-19-9)8-4-3-6-20-8/h3-4,6H,2,5,7H2,1H3,(H,14,18). The van der Waals surface area contributed by atoms with Gasteiger partial charge < -0.3 is 4.52 Å². The molecule has 9 heteroatoms. The summed E-state index contributed by atoms with van der Waals surface area (Å²) in [4.78, 5) is 16.9. The second-order valence-corrected chi connectivity index (χ2v) is 6.13. The minimum atomic E-state index is -0.191. The zero-order valence-electron chi connectivity index (χ0n) is 11.3. The van der Waals surface area contributed by atoms with E-state index in [9.17, 15) is 4.79 Å². The maximum atomic E-state index is 11.6. The van der Waals surface area contributed by atoms with E-state index in [1.165, 1.54) is 11.8 Å². The molecule has 3 aromatic heterocycles. The quantitative estimate of drug-likeness (QED) is 0.701. The fourth-order valence-corrected chi connectivity index (χ4v) is 3.24. The lowest BCUT2D eigenvalue weighted by atomic mass is 10.4. The number of hydrogen-bond donors (Lipinski definition) is 1. The molecular formula is C12H13N5O2S2. The van der Waals surface area contributed by atoms with E-state index in [1.54, 1.807) is 15.9 Å². The molecule has 0 aliphatic heterocycles. The second-order valence-electron chi connectivity index (χ2n) is 4.24. The van der Waals surface area contributed by atoms with Gasteiger partial charge in [0.05, 0.1) is 10.6 Å². The lowest BCUT2D eigenvalue weighted by Gasteiger charge is -2.01. The molecule has 0 aromatic carbocycles. The van der Waals surface area contributed by atoms with Crippen LogP contribution >= 0.6 is 23.1 Å². The summed E-state index contributed by atoms with van der Waals surface area (Å²) in [5, 5.41) is 13.0. The molecule has 0 fully saturated rings. The fraction of sp³-hybridized carbons (Fsp3) is 0.333. The van der Waals surface area contributed by atoms with Gasteiger partial charge in [0.25, 0.3) is 0 Å². The van der Waals surface area contributed by atoms with Crippen LogP contribution < -0.4 is 5.69 Å². The van der Waals surface area contributed by atoms with Crippen molar-refractivity contribution in [1.82, 2.24) is 24.9 Å². The third kappa shape index (κ3) is 3.08. The van der Waals surface area contributed by atoms with Crippen molar-refractivity contribution < 1.29 is 4.52 Å². The Morgan fingerprint density at radius 2 is 2.43 bits per heavy atom. The first kappa shape index (κ1) is 14.1. The van der Waals surface area contributed by atoms with Crippen molar-refractivity contribution in [2.75, 3.05) is 0 Å². The van der Waals surface area contributed by atoms with Crippen molar-refractivity contribution in [2.45, 2.75) is 30.8 Å². The van der Waals surface area contributed by atoms with Crippen LogP contribution in [-0.2, 0) is 12.3 Å². The molecule has 0 aliphatic carbocycles. The lowest BCUT2D eigenvalue weighted by molar-refractivity contribution is 0.391. The molecule has 110 valence electrons. The van der Waals surface area contributed by atoms with Crippen LogP contribution in [0.3, 0.4) is 0 Å². The zero-order valence-corrected chi connectivity index (χ0v) is 12.9. The van der Waals surface area contributed by atoms with Crippen LogP contribution in [0.5, 0.6) is 0 Å². The van der Waals surface area contributed by atoms with Gasteiger partial charge >= 0.3 is 5.69 Å². The van der Waals surface area contributed by atoms with Crippen molar-refractivity contribution in [3.63, 3.8) is 0 Å². The van der Waals surface area contributed by atoms with Gasteiger partial charge in [-0.1, -0.05) is 29.9 Å². The third-order valence-electron chi connectivity index (χ3n) is 2.70. The van der Waals surface area contributed by atoms with Gasteiger partial charge in [-0.3, -0.25) is 4.57 Å². The summed E-state index contributed by atoms with van der Waals surface area (Å²) in [6, 6.07) is 3.89. The van der Waals surface area contributed by atoms with E-state index in [4.69, 9.17) is 4.52 Å². The number of nitrogens with zero attached hydrogens (tertiary/aromatic N) is 4. The average Bonchev–Trinajstić information content (AvgIpc) is 3.19. The monoisotopic (exact) mass is 323 g/mol. The molecule has 0 spiro atoms. The molecule has 21 heavy (non-hydrogen) atoms. The molecule has 0 saturated carbocycles. The van der Waals surface area contributed by atoms with Gasteiger partial charge in [-0.25, -0.2) is 9.89 Å². The number of rotatable bonds is 6. The van der Waals surface area contributed by atoms with Crippen molar-refractivity contribution in [2.24, 2.45) is 0 Å². The van der Waals surface area contributed by atoms with Crippen LogP contribution in [-0.4, -0.2) is 24.9 Å². The number of H-pyrrole nitrogens is 1. The summed E-state index contributed by atoms with van der Waals surface area (Å²) in [5.74, 6) is 1.59. The highest BCUT2D eigenvalue weighted by molar-refractivity contribution is 7.98. The number of nitrogens with one attached hydrogen (secondary N) is 1. The smallest absolute Gasteiger partial charge is 0.338 e. The molecule has 0 radical (unpaired) electrons. The number of aromatic nitrogens is 5. The summed E-state index contributed by atoms with van der Waals surface area (Å²) in [6.07, 6.45) is 0.871. The molecule has 3 aromatic rings. The molecule has 0 saturated heterocycles. The first-order valence-electron chi connectivity index (χ1n) is 6.42. The summed E-state index contributed by atoms with van der Waals surface area (Å²) in [6.45, 7) is 2.65. The van der Waals surface area contributed by atoms with Gasteiger partial charge in [-0.15, -0.1) is 16.4 Å². The number of thioether (sulfide) groups is 1. The Bertz CT molecular complexity index is 759. The van der Waals surface area contributed by atoms with Crippen molar-refractivity contribution >= 4 is 23.1 Å². The van der Waals surface area contributed by atoms with E-state index in [2.05, 4.69) is 20.3 Å². The van der Waals surface area contributed by atoms with E-state index in [-0.39, 0.29) is 5.69 Å². The molecule has 7 nitrogen and oxygen atoms in total. The van der Waals surface area contributed by atoms with Crippen molar-refractivity contribution in [3.8, 4) is 10.7 Å². The fourth-order valence-electron chi connectivity index (χ4n) is 1.78. The van der Waals surface area contributed by atoms with Crippen LogP contribution in [0.4, 0.5) is 0 Å². The molecule has 3 heterocycles. The summed E-state index contributed by atoms with van der Waals surface area (Å²) >= 11 is 2.96. The number of hydrogen-bond acceptors (Lipinski definition) is 7. The van der Waals surface area contributed by atoms with Gasteiger partial charge in [-0.2, -0.15) is 4.98 Å². The Hall–Kier alpha value is -1.87. The predicted octanol–water partition coefficient (Wildman–Crippen LogP) is 2.39. The molecular weight excluding hydrogens is 310 g/mol. The van der Waals surface area contributed by atoms with E-state index in [0.29, 0.717) is 29.2 Å². The second kappa shape index (κ2) is 6.27. The van der Waals surface area contributed by atoms with Crippen molar-refractivity contribution in [1.29, 1.82) is 0 Å². The van der Waals surface area contributed by atoms with Crippen LogP contribution in [0.15, 0.2) is 32.0 Å². The van der Waals surface area contributed by atoms with Gasteiger partial charge in [0.2, 0.25) is 11.7 Å². The zero-order chi connectivity index (χ0) is 14.7. The molecule has 0 aliphatic rings. The van der Waals surface area contributed by atoms with E-state index < -0.39 is 0 Å². The summed E-state index contributed by atoms with van der Waals surface area (Å²) < 4.78 is 6.83. The van der Waals surface area contributed by atoms with Crippen LogP contribution in [0, 0.1) is 0 Å². The van der Waals surface area contributed by atoms with Gasteiger partial charge in [-0.05, 0) is 17.9 Å². The average molecular weight is 323 g/mol. The van der Waals surface area contributed by atoms with Gasteiger partial charge in [0.15, 0.2) is 5.16 Å². The van der Waals surface area contributed by atoms with E-state index in [0.717, 1.165) is 11.3 Å². The molecule has 0 unspecified atom stereocenters. The predicted molar refractivity (Wildman–Crippen MR) is 80.3 cm³/mol. The Morgan fingerprint density at radius 3 is 3.19 bits per heavy atom. The van der Waals surface area contributed by atoms with E-state index in [1.807, 2.05) is 24.4 Å². The maximum Gasteiger partial charge on any atom is 0.343 e. The minimum Gasteiger partial charge on any atom is -0.338 e. The minimum absolute atomic E-state index is 0.191. The van der Waals surface area contributed by atoms with Crippen LogP contribution in [0.2, 0.25) is 0 Å². The van der Waals surface area contributed by atoms with Crippen LogP contribution in [0.1, 0.15) is 19.2 Å². The van der Waals surface area contributed by atoms with Crippen LogP contribution in [0.25, 0.3) is 10.7 Å². The highest BCUT2D eigenvalue weighted by atomic mass is 32.2. The molecule has 0 atom stereocenters. The Balaban J connectivity index is 1.70. The Kier molecular flexibility index (Phi) is 4.20. The number of aromatic amines is 1. The first-order valence-corrected chi connectivity index (χ1v) is 8.29. The van der Waals surface area contributed by atoms with E-state index >= 15 is 0 Å². The third-order valence-corrected chi connectivity index (χ3v) is 4.53. The first-order chi connectivity index (χ1) is 10.3. The van der Waals surface area contributed by atoms with Gasteiger partial charge in [0, 0.05) is 6.54 Å². The molecule has 1 N–H and O–H groups in total. The maximum absolute atomic E-state index is 11.6. The Labute approximate surface area is 128 Å². The SMILES string of the molecule is CCCn1c(SCc2nc(-c3cccs3)no2)n[nH]c1=O. The molecule has 3 rings (SSSR count). The van der Waals surface area contributed by atoms with Gasteiger partial charge in [0.1, 0.15) is 0 Å². The summed E-state index contributed by atoms with van der Waals surface area (Å²) in [7, 11) is 0. The lowest BCUT2D eigenvalue weighted by Crippen LogP contribution is -2.17. The largest absolute Gasteiger partial charge is 0.343 e. The molecule has 0 bridgehead atoms. The summed E-state index contributed by atoms with van der Waals surface area (Å²) in [5.41, 5.74) is -0.191.